The van der Waals surface area contributed by atoms with Gasteiger partial charge < -0.3 is 15.0 Å². The van der Waals surface area contributed by atoms with Gasteiger partial charge in [-0.25, -0.2) is 9.97 Å². The maximum atomic E-state index is 11.9. The summed E-state index contributed by atoms with van der Waals surface area (Å²) in [6.45, 7) is 5.54. The first kappa shape index (κ1) is 17.7. The summed E-state index contributed by atoms with van der Waals surface area (Å²) in [4.78, 5) is 25.1. The van der Waals surface area contributed by atoms with E-state index in [2.05, 4.69) is 20.2 Å². The number of ether oxygens (including phenoxy) is 1. The molecule has 1 N–H and O–H groups in total. The van der Waals surface area contributed by atoms with Crippen molar-refractivity contribution in [3.63, 3.8) is 0 Å². The van der Waals surface area contributed by atoms with Crippen molar-refractivity contribution in [2.45, 2.75) is 44.8 Å². The molecule has 0 bridgehead atoms. The molecular weight excluding hydrogens is 330 g/mol. The Hall–Kier alpha value is -1.73. The Balaban J connectivity index is 1.24. The van der Waals surface area contributed by atoms with Crippen LogP contribution in [0.5, 0.6) is 0 Å². The molecule has 0 aliphatic carbocycles. The Morgan fingerprint density at radius 2 is 2.08 bits per heavy atom. The first-order valence-corrected chi connectivity index (χ1v) is 9.75. The van der Waals surface area contributed by atoms with Crippen LogP contribution in [0.15, 0.2) is 12.4 Å². The summed E-state index contributed by atoms with van der Waals surface area (Å²) in [5.41, 5.74) is 1.36. The highest BCUT2D eigenvalue weighted by atomic mass is 16.5. The summed E-state index contributed by atoms with van der Waals surface area (Å²) in [5.74, 6) is 0.979. The van der Waals surface area contributed by atoms with E-state index in [4.69, 9.17) is 4.74 Å². The van der Waals surface area contributed by atoms with Crippen LogP contribution >= 0.6 is 0 Å². The fourth-order valence-electron chi connectivity index (χ4n) is 4.42. The van der Waals surface area contributed by atoms with E-state index in [0.29, 0.717) is 18.0 Å². The Bertz CT molecular complexity index is 621. The molecular formula is C19H29N5O2. The largest absolute Gasteiger partial charge is 0.376 e. The van der Waals surface area contributed by atoms with Gasteiger partial charge in [0.1, 0.15) is 0 Å². The van der Waals surface area contributed by atoms with E-state index in [1.54, 1.807) is 0 Å². The van der Waals surface area contributed by atoms with Gasteiger partial charge in [0.05, 0.1) is 6.10 Å². The normalized spacial score (nSPS) is 26.0. The second-order valence-electron chi connectivity index (χ2n) is 8.13. The summed E-state index contributed by atoms with van der Waals surface area (Å²) >= 11 is 0. The number of carbonyl (C=O) groups is 1. The van der Waals surface area contributed by atoms with Crippen LogP contribution < -0.4 is 5.32 Å². The first-order chi connectivity index (χ1) is 12.6. The van der Waals surface area contributed by atoms with E-state index in [1.807, 2.05) is 24.3 Å². The van der Waals surface area contributed by atoms with Gasteiger partial charge in [-0.2, -0.15) is 0 Å². The number of nitrogens with zero attached hydrogens (tertiary/aromatic N) is 4. The molecule has 26 heavy (non-hydrogen) atoms. The zero-order chi connectivity index (χ0) is 18.0. The van der Waals surface area contributed by atoms with Crippen molar-refractivity contribution < 1.29 is 9.53 Å². The van der Waals surface area contributed by atoms with Crippen molar-refractivity contribution in [3.8, 4) is 0 Å². The molecule has 3 aliphatic rings. The molecule has 1 aromatic rings. The molecule has 0 radical (unpaired) electrons. The molecule has 4 heterocycles. The van der Waals surface area contributed by atoms with Crippen LogP contribution in [-0.2, 0) is 16.1 Å². The third-order valence-corrected chi connectivity index (χ3v) is 6.06. The molecule has 0 saturated carbocycles. The maximum absolute atomic E-state index is 11.9. The van der Waals surface area contributed by atoms with E-state index in [9.17, 15) is 4.79 Å². The van der Waals surface area contributed by atoms with Crippen LogP contribution in [-0.4, -0.2) is 71.6 Å². The summed E-state index contributed by atoms with van der Waals surface area (Å²) in [6.07, 6.45) is 9.32. The molecule has 3 aliphatic heterocycles. The van der Waals surface area contributed by atoms with Crippen LogP contribution in [0.25, 0.3) is 0 Å². The second-order valence-corrected chi connectivity index (χ2v) is 8.13. The second kappa shape index (κ2) is 7.48. The number of piperidine rings is 1. The molecule has 4 rings (SSSR count). The van der Waals surface area contributed by atoms with Gasteiger partial charge in [0.2, 0.25) is 11.9 Å². The minimum Gasteiger partial charge on any atom is -0.376 e. The highest BCUT2D eigenvalue weighted by Gasteiger charge is 2.43. The van der Waals surface area contributed by atoms with E-state index in [-0.39, 0.29) is 5.41 Å². The van der Waals surface area contributed by atoms with Crippen molar-refractivity contribution >= 4 is 11.9 Å². The summed E-state index contributed by atoms with van der Waals surface area (Å²) in [5, 5.41) is 3.26. The zero-order valence-corrected chi connectivity index (χ0v) is 15.6. The topological polar surface area (TPSA) is 70.6 Å². The first-order valence-electron chi connectivity index (χ1n) is 9.75. The molecule has 1 atom stereocenters. The molecule has 7 nitrogen and oxygen atoms in total. The number of hydrogen-bond donors (Lipinski definition) is 1. The predicted molar refractivity (Wildman–Crippen MR) is 98.7 cm³/mol. The van der Waals surface area contributed by atoms with Crippen molar-refractivity contribution in [2.75, 3.05) is 45.2 Å². The molecule has 3 saturated heterocycles. The van der Waals surface area contributed by atoms with Crippen molar-refractivity contribution in [1.29, 1.82) is 0 Å². The molecule has 1 unspecified atom stereocenters. The standard InChI is InChI=1S/C19H29N5O2/c1-23-14-19(9-17(23)25)4-6-24(7-5-19)13-15-10-20-18(21-11-15)22-12-16-3-2-8-26-16/h10-11,16H,2-9,12-14H2,1H3,(H,20,21,22). The lowest BCUT2D eigenvalue weighted by Gasteiger charge is -2.38. The Kier molecular flexibility index (Phi) is 5.09. The average molecular weight is 359 g/mol. The molecule has 0 aromatic carbocycles. The minimum absolute atomic E-state index is 0.217. The smallest absolute Gasteiger partial charge is 0.222 e. The van der Waals surface area contributed by atoms with E-state index >= 15 is 0 Å². The van der Waals surface area contributed by atoms with Crippen LogP contribution in [0.2, 0.25) is 0 Å². The lowest BCUT2D eigenvalue weighted by molar-refractivity contribution is -0.126. The zero-order valence-electron chi connectivity index (χ0n) is 15.6. The van der Waals surface area contributed by atoms with Gasteiger partial charge in [0.25, 0.3) is 0 Å². The van der Waals surface area contributed by atoms with E-state index in [0.717, 1.165) is 77.0 Å². The van der Waals surface area contributed by atoms with E-state index < -0.39 is 0 Å². The summed E-state index contributed by atoms with van der Waals surface area (Å²) < 4.78 is 5.60. The van der Waals surface area contributed by atoms with Gasteiger partial charge in [0, 0.05) is 57.7 Å². The van der Waals surface area contributed by atoms with Gasteiger partial charge in [-0.3, -0.25) is 9.69 Å². The Morgan fingerprint density at radius 3 is 2.69 bits per heavy atom. The highest BCUT2D eigenvalue weighted by Crippen LogP contribution is 2.40. The number of aromatic nitrogens is 2. The molecule has 142 valence electrons. The fraction of sp³-hybridized carbons (Fsp3) is 0.737. The monoisotopic (exact) mass is 359 g/mol. The molecule has 1 amide bonds. The number of amides is 1. The number of carbonyl (C=O) groups excluding carboxylic acids is 1. The molecule has 1 aromatic heterocycles. The van der Waals surface area contributed by atoms with Gasteiger partial charge >= 0.3 is 0 Å². The van der Waals surface area contributed by atoms with Gasteiger partial charge in [-0.15, -0.1) is 0 Å². The van der Waals surface area contributed by atoms with Crippen molar-refractivity contribution in [3.05, 3.63) is 18.0 Å². The molecule has 1 spiro atoms. The summed E-state index contributed by atoms with van der Waals surface area (Å²) in [7, 11) is 1.93. The Morgan fingerprint density at radius 1 is 1.31 bits per heavy atom. The predicted octanol–water partition coefficient (Wildman–Crippen LogP) is 1.51. The molecule has 3 fully saturated rings. The minimum atomic E-state index is 0.217. The van der Waals surface area contributed by atoms with Crippen LogP contribution in [0.3, 0.4) is 0 Å². The van der Waals surface area contributed by atoms with Gasteiger partial charge in [-0.1, -0.05) is 0 Å². The van der Waals surface area contributed by atoms with Crippen LogP contribution in [0.4, 0.5) is 5.95 Å². The number of anilines is 1. The fourth-order valence-corrected chi connectivity index (χ4v) is 4.42. The lowest BCUT2D eigenvalue weighted by Crippen LogP contribution is -2.40. The number of nitrogens with one attached hydrogen (secondary N) is 1. The maximum Gasteiger partial charge on any atom is 0.222 e. The van der Waals surface area contributed by atoms with Crippen LogP contribution in [0.1, 0.15) is 37.7 Å². The number of rotatable bonds is 5. The Labute approximate surface area is 155 Å². The lowest BCUT2D eigenvalue weighted by atomic mass is 9.77. The quantitative estimate of drug-likeness (QED) is 0.859. The van der Waals surface area contributed by atoms with E-state index in [1.165, 1.54) is 0 Å². The van der Waals surface area contributed by atoms with Crippen molar-refractivity contribution in [1.82, 2.24) is 19.8 Å². The van der Waals surface area contributed by atoms with Gasteiger partial charge in [-0.05, 0) is 44.2 Å². The highest BCUT2D eigenvalue weighted by molar-refractivity contribution is 5.79. The van der Waals surface area contributed by atoms with Gasteiger partial charge in [0.15, 0.2) is 0 Å². The number of hydrogen-bond acceptors (Lipinski definition) is 6. The van der Waals surface area contributed by atoms with Crippen LogP contribution in [0, 0.1) is 5.41 Å². The SMILES string of the molecule is CN1CC2(CCN(Cc3cnc(NCC4CCCO4)nc3)CC2)CC1=O. The molecule has 7 heteroatoms. The third kappa shape index (κ3) is 3.99. The average Bonchev–Trinajstić information content (AvgIpc) is 3.25. The number of likely N-dealkylation sites (tertiary alicyclic amines) is 2. The third-order valence-electron chi connectivity index (χ3n) is 6.06. The van der Waals surface area contributed by atoms with Crippen molar-refractivity contribution in [2.24, 2.45) is 5.41 Å². The summed E-state index contributed by atoms with van der Waals surface area (Å²) in [6, 6.07) is 0.